The Hall–Kier alpha value is -3.09. The maximum absolute atomic E-state index is 13.7. The zero-order valence-electron chi connectivity index (χ0n) is 16.2. The van der Waals surface area contributed by atoms with Crippen LogP contribution in [0.5, 0.6) is 0 Å². The van der Waals surface area contributed by atoms with Crippen molar-refractivity contribution in [3.8, 4) is 17.5 Å². The molecule has 4 rings (SSSR count). The number of nitriles is 1. The molecule has 8 nitrogen and oxygen atoms in total. The van der Waals surface area contributed by atoms with Gasteiger partial charge < -0.3 is 9.80 Å². The first kappa shape index (κ1) is 19.2. The summed E-state index contributed by atoms with van der Waals surface area (Å²) in [6.45, 7) is 2.95. The molecular weight excluding hydrogens is 380 g/mol. The quantitative estimate of drug-likeness (QED) is 0.779. The molecule has 1 saturated carbocycles. The number of nitrogens with zero attached hydrogens (tertiary/aromatic N) is 7. The molecule has 2 aromatic rings. The third-order valence-corrected chi connectivity index (χ3v) is 5.64. The van der Waals surface area contributed by atoms with Crippen LogP contribution in [-0.2, 0) is 11.8 Å². The molecule has 152 valence electrons. The lowest BCUT2D eigenvalue weighted by molar-refractivity contribution is -0.173. The molecule has 2 aromatic heterocycles. The Bertz CT molecular complexity index is 983. The van der Waals surface area contributed by atoms with Gasteiger partial charge in [0.2, 0.25) is 5.91 Å². The Morgan fingerprint density at radius 2 is 2.14 bits per heavy atom. The van der Waals surface area contributed by atoms with E-state index in [-0.39, 0.29) is 18.9 Å². The molecule has 0 bridgehead atoms. The van der Waals surface area contributed by atoms with Crippen LogP contribution in [0.3, 0.4) is 0 Å². The van der Waals surface area contributed by atoms with Gasteiger partial charge in [0.05, 0.1) is 18.0 Å². The van der Waals surface area contributed by atoms with Gasteiger partial charge in [-0.3, -0.25) is 9.48 Å². The largest absolute Gasteiger partial charge is 0.352 e. The molecule has 1 aliphatic carbocycles. The number of aryl methyl sites for hydroxylation is 1. The molecule has 3 heterocycles. The fourth-order valence-corrected chi connectivity index (χ4v) is 3.86. The molecule has 0 spiro atoms. The smallest absolute Gasteiger partial charge is 0.259 e. The minimum absolute atomic E-state index is 0.221. The minimum atomic E-state index is -2.90. The fraction of sp³-hybridized carbons (Fsp3) is 0.526. The van der Waals surface area contributed by atoms with E-state index in [4.69, 9.17) is 0 Å². The van der Waals surface area contributed by atoms with Crippen molar-refractivity contribution in [3.05, 3.63) is 24.2 Å². The number of carbonyl (C=O) groups excluding carboxylic acids is 1. The summed E-state index contributed by atoms with van der Waals surface area (Å²) in [5.74, 6) is -3.65. The number of anilines is 1. The van der Waals surface area contributed by atoms with Crippen molar-refractivity contribution < 1.29 is 13.6 Å². The van der Waals surface area contributed by atoms with Crippen LogP contribution in [0, 0.1) is 17.2 Å². The second-order valence-corrected chi connectivity index (χ2v) is 7.62. The number of halogens is 2. The monoisotopic (exact) mass is 401 g/mol. The van der Waals surface area contributed by atoms with Crippen molar-refractivity contribution in [1.29, 1.82) is 5.26 Å². The van der Waals surface area contributed by atoms with Crippen LogP contribution in [0.4, 0.5) is 14.6 Å². The lowest BCUT2D eigenvalue weighted by atomic mass is 9.79. The van der Waals surface area contributed by atoms with Crippen LogP contribution >= 0.6 is 0 Å². The molecule has 2 aliphatic rings. The first-order valence-electron chi connectivity index (χ1n) is 9.49. The van der Waals surface area contributed by atoms with E-state index >= 15 is 0 Å². The molecular formula is C19H21F2N7O. The highest BCUT2D eigenvalue weighted by Crippen LogP contribution is 2.44. The lowest BCUT2D eigenvalue weighted by Crippen LogP contribution is -2.59. The number of alkyl halides is 2. The Balaban J connectivity index is 1.54. The number of hydrogen-bond donors (Lipinski definition) is 0. The average molecular weight is 401 g/mol. The van der Waals surface area contributed by atoms with Gasteiger partial charge in [0, 0.05) is 45.3 Å². The van der Waals surface area contributed by atoms with Crippen LogP contribution in [0.2, 0.25) is 0 Å². The summed E-state index contributed by atoms with van der Waals surface area (Å²) in [5, 5.41) is 13.6. The molecule has 0 aromatic carbocycles. The Morgan fingerprint density at radius 3 is 2.69 bits per heavy atom. The molecule has 2 fully saturated rings. The number of amides is 1. The van der Waals surface area contributed by atoms with Crippen molar-refractivity contribution in [2.45, 2.75) is 31.7 Å². The summed E-state index contributed by atoms with van der Waals surface area (Å²) in [5.41, 5.74) is 1.06. The van der Waals surface area contributed by atoms with Crippen LogP contribution in [-0.4, -0.2) is 62.2 Å². The lowest BCUT2D eigenvalue weighted by Gasteiger charge is -2.45. The van der Waals surface area contributed by atoms with Gasteiger partial charge in [-0.1, -0.05) is 0 Å². The Labute approximate surface area is 166 Å². The van der Waals surface area contributed by atoms with Gasteiger partial charge in [0.25, 0.3) is 5.92 Å². The first-order valence-corrected chi connectivity index (χ1v) is 9.49. The highest BCUT2D eigenvalue weighted by Gasteiger charge is 2.54. The van der Waals surface area contributed by atoms with Gasteiger partial charge in [-0.15, -0.1) is 0 Å². The van der Waals surface area contributed by atoms with E-state index in [2.05, 4.69) is 21.1 Å². The van der Waals surface area contributed by atoms with Crippen molar-refractivity contribution in [2.75, 3.05) is 24.5 Å². The number of carbonyl (C=O) groups is 1. The highest BCUT2D eigenvalue weighted by atomic mass is 19.3. The van der Waals surface area contributed by atoms with Crippen LogP contribution in [0.25, 0.3) is 11.4 Å². The van der Waals surface area contributed by atoms with Gasteiger partial charge in [-0.25, -0.2) is 18.7 Å². The standard InChI is InChI=1S/C19H21F2N7O/c1-12-10-27(5-6-28(12)18(29)15-3-4-19(15,20)21)17-13(7-22)8-23-16(25-17)14-9-24-26(2)11-14/h8-9,11-12,15H,3-6,10H2,1-2H3/t12-,15?/m1/s1. The SMILES string of the molecule is C[C@@H]1CN(c2nc(-c3cnn(C)c3)ncc2C#N)CCN1C(=O)C1CCC1(F)F. The van der Waals surface area contributed by atoms with Crippen molar-refractivity contribution in [3.63, 3.8) is 0 Å². The average Bonchev–Trinajstić information content (AvgIpc) is 3.12. The number of aromatic nitrogens is 4. The molecule has 0 radical (unpaired) electrons. The van der Waals surface area contributed by atoms with Crippen molar-refractivity contribution in [2.24, 2.45) is 13.0 Å². The first-order chi connectivity index (χ1) is 13.8. The summed E-state index contributed by atoms with van der Waals surface area (Å²) in [7, 11) is 1.79. The predicted molar refractivity (Wildman–Crippen MR) is 100 cm³/mol. The third-order valence-electron chi connectivity index (χ3n) is 5.64. The van der Waals surface area contributed by atoms with Crippen molar-refractivity contribution >= 4 is 11.7 Å². The van der Waals surface area contributed by atoms with Crippen LogP contribution in [0.1, 0.15) is 25.3 Å². The van der Waals surface area contributed by atoms with Crippen LogP contribution < -0.4 is 4.90 Å². The molecule has 29 heavy (non-hydrogen) atoms. The van der Waals surface area contributed by atoms with E-state index in [1.807, 2.05) is 11.8 Å². The zero-order valence-corrected chi connectivity index (χ0v) is 16.2. The van der Waals surface area contributed by atoms with Gasteiger partial charge in [-0.05, 0) is 13.3 Å². The van der Waals surface area contributed by atoms with E-state index in [0.717, 1.165) is 5.56 Å². The molecule has 1 unspecified atom stereocenters. The van der Waals surface area contributed by atoms with Crippen molar-refractivity contribution in [1.82, 2.24) is 24.6 Å². The maximum Gasteiger partial charge on any atom is 0.259 e. The summed E-state index contributed by atoms with van der Waals surface area (Å²) in [6, 6.07) is 1.84. The number of piperazine rings is 1. The normalized spacial score (nSPS) is 23.4. The van der Waals surface area contributed by atoms with E-state index in [9.17, 15) is 18.8 Å². The van der Waals surface area contributed by atoms with Gasteiger partial charge in [-0.2, -0.15) is 10.4 Å². The van der Waals surface area contributed by atoms with Gasteiger partial charge in [0.15, 0.2) is 11.6 Å². The summed E-state index contributed by atoms with van der Waals surface area (Å²) < 4.78 is 29.0. The zero-order chi connectivity index (χ0) is 20.8. The topological polar surface area (TPSA) is 90.9 Å². The third kappa shape index (κ3) is 3.41. The summed E-state index contributed by atoms with van der Waals surface area (Å²) in [4.78, 5) is 24.8. The Morgan fingerprint density at radius 1 is 1.34 bits per heavy atom. The second kappa shape index (κ2) is 7.06. The predicted octanol–water partition coefficient (Wildman–Crippen LogP) is 1.83. The fourth-order valence-electron chi connectivity index (χ4n) is 3.86. The van der Waals surface area contributed by atoms with Gasteiger partial charge in [0.1, 0.15) is 17.6 Å². The Kier molecular flexibility index (Phi) is 4.68. The maximum atomic E-state index is 13.7. The minimum Gasteiger partial charge on any atom is -0.352 e. The van der Waals surface area contributed by atoms with E-state index < -0.39 is 17.7 Å². The number of hydrogen-bond acceptors (Lipinski definition) is 6. The molecule has 10 heteroatoms. The molecule has 1 aliphatic heterocycles. The summed E-state index contributed by atoms with van der Waals surface area (Å²) >= 11 is 0. The molecule has 2 atom stereocenters. The molecule has 1 amide bonds. The highest BCUT2D eigenvalue weighted by molar-refractivity contribution is 5.81. The van der Waals surface area contributed by atoms with E-state index in [1.165, 1.54) is 11.1 Å². The molecule has 1 saturated heterocycles. The summed E-state index contributed by atoms with van der Waals surface area (Å²) in [6.07, 6.45) is 4.91. The molecule has 0 N–H and O–H groups in total. The number of rotatable bonds is 3. The van der Waals surface area contributed by atoms with E-state index in [1.54, 1.807) is 24.1 Å². The second-order valence-electron chi connectivity index (χ2n) is 7.62. The van der Waals surface area contributed by atoms with Crippen LogP contribution in [0.15, 0.2) is 18.6 Å². The van der Waals surface area contributed by atoms with Gasteiger partial charge >= 0.3 is 0 Å². The van der Waals surface area contributed by atoms with E-state index in [0.29, 0.717) is 36.8 Å².